The van der Waals surface area contributed by atoms with Gasteiger partial charge in [0.2, 0.25) is 0 Å². The van der Waals surface area contributed by atoms with E-state index in [1.807, 2.05) is 0 Å². The molecule has 0 spiro atoms. The average Bonchev–Trinajstić information content (AvgIpc) is 2.10. The van der Waals surface area contributed by atoms with Crippen molar-refractivity contribution in [2.75, 3.05) is 0 Å². The monoisotopic (exact) mass is 277 g/mol. The number of rotatable bonds is 2. The molecule has 0 saturated carbocycles. The van der Waals surface area contributed by atoms with Crippen LogP contribution in [0.15, 0.2) is 6.07 Å². The van der Waals surface area contributed by atoms with Crippen LogP contribution in [0.3, 0.4) is 0 Å². The molecule has 0 bridgehead atoms. The molecule has 1 heterocycles. The van der Waals surface area contributed by atoms with E-state index in [2.05, 4.69) is 15.4 Å². The normalized spacial score (nSPS) is 10.3. The number of carbonyl (C=O) groups excluding carboxylic acids is 1. The Labute approximate surface area is 149 Å². The van der Waals surface area contributed by atoms with Gasteiger partial charge in [0.25, 0.3) is 6.09 Å². The van der Waals surface area contributed by atoms with Crippen LogP contribution >= 0.6 is 0 Å². The maximum atomic E-state index is 11.2. The Bertz CT molecular complexity index is 398. The summed E-state index contributed by atoms with van der Waals surface area (Å²) >= 11 is 0. The van der Waals surface area contributed by atoms with Crippen molar-refractivity contribution < 1.29 is 65.8 Å². The van der Waals surface area contributed by atoms with E-state index in [0.29, 0.717) is 0 Å². The minimum Gasteiger partial charge on any atom is -0.524 e. The van der Waals surface area contributed by atoms with E-state index in [9.17, 15) is 4.79 Å². The van der Waals surface area contributed by atoms with Crippen LogP contribution in [0.25, 0.3) is 5.48 Å². The van der Waals surface area contributed by atoms with Crippen LogP contribution in [0.5, 0.6) is 6.01 Å². The predicted octanol–water partition coefficient (Wildman–Crippen LogP) is -0.300. The average molecular weight is 277 g/mol. The number of hydrogen-bond acceptors (Lipinski definition) is 5. The third-order valence-corrected chi connectivity index (χ3v) is 1.56. The SMILES string of the molecule is Cc1cc(C)nc(O[N-]C(=O)OC(C)(C)C)n1.[K+]. The van der Waals surface area contributed by atoms with Crippen molar-refractivity contribution in [1.29, 1.82) is 0 Å². The topological polar surface area (TPSA) is 75.4 Å². The van der Waals surface area contributed by atoms with Crippen LogP contribution in [0.4, 0.5) is 4.79 Å². The van der Waals surface area contributed by atoms with Gasteiger partial charge in [-0.05, 0) is 40.7 Å². The minimum absolute atomic E-state index is 0. The van der Waals surface area contributed by atoms with E-state index < -0.39 is 11.7 Å². The van der Waals surface area contributed by atoms with E-state index in [4.69, 9.17) is 9.57 Å². The second kappa shape index (κ2) is 7.39. The second-order valence-corrected chi connectivity index (χ2v) is 4.60. The van der Waals surface area contributed by atoms with Crippen LogP contribution in [0, 0.1) is 13.8 Å². The first kappa shape index (κ1) is 17.8. The van der Waals surface area contributed by atoms with Crippen molar-refractivity contribution in [3.05, 3.63) is 22.9 Å². The fourth-order valence-corrected chi connectivity index (χ4v) is 1.09. The van der Waals surface area contributed by atoms with Crippen molar-refractivity contribution in [2.45, 2.75) is 40.2 Å². The van der Waals surface area contributed by atoms with Gasteiger partial charge in [0.05, 0.1) is 0 Å². The largest absolute Gasteiger partial charge is 1.00 e. The molecule has 0 aliphatic heterocycles. The van der Waals surface area contributed by atoms with Gasteiger partial charge in [-0.25, -0.2) is 9.97 Å². The van der Waals surface area contributed by atoms with Crippen LogP contribution in [-0.2, 0) is 4.74 Å². The number of nitrogens with zero attached hydrogens (tertiary/aromatic N) is 3. The molecule has 0 atom stereocenters. The van der Waals surface area contributed by atoms with Crippen LogP contribution < -0.4 is 56.2 Å². The Balaban J connectivity index is 0.00000289. The van der Waals surface area contributed by atoms with Gasteiger partial charge in [-0.3, -0.25) is 4.79 Å². The smallest absolute Gasteiger partial charge is 0.524 e. The van der Waals surface area contributed by atoms with Crippen molar-refractivity contribution >= 4 is 6.09 Å². The molecular weight excluding hydrogens is 261 g/mol. The summed E-state index contributed by atoms with van der Waals surface area (Å²) in [5, 5.41) is 0. The minimum atomic E-state index is -0.805. The molecule has 0 radical (unpaired) electrons. The first-order valence-electron chi connectivity index (χ1n) is 5.19. The Morgan fingerprint density at radius 2 is 1.72 bits per heavy atom. The Hall–Kier alpha value is -0.214. The molecule has 0 saturated heterocycles. The Kier molecular flexibility index (Phi) is 7.31. The quantitative estimate of drug-likeness (QED) is 0.548. The maximum Gasteiger partial charge on any atom is 1.00 e. The van der Waals surface area contributed by atoms with Gasteiger partial charge in [0.15, 0.2) is 0 Å². The molecule has 94 valence electrons. The summed E-state index contributed by atoms with van der Waals surface area (Å²) in [5.74, 6) is 0. The van der Waals surface area contributed by atoms with Gasteiger partial charge >= 0.3 is 57.4 Å². The first-order valence-corrected chi connectivity index (χ1v) is 5.19. The van der Waals surface area contributed by atoms with Gasteiger partial charge in [-0.15, -0.1) is 0 Å². The third-order valence-electron chi connectivity index (χ3n) is 1.56. The Morgan fingerprint density at radius 3 is 2.17 bits per heavy atom. The zero-order chi connectivity index (χ0) is 13.1. The van der Waals surface area contributed by atoms with Gasteiger partial charge < -0.3 is 15.1 Å². The summed E-state index contributed by atoms with van der Waals surface area (Å²) < 4.78 is 4.93. The fourth-order valence-electron chi connectivity index (χ4n) is 1.09. The molecule has 1 rings (SSSR count). The predicted molar refractivity (Wildman–Crippen MR) is 61.7 cm³/mol. The number of aromatic nitrogens is 2. The van der Waals surface area contributed by atoms with Gasteiger partial charge in [-0.1, -0.05) is 0 Å². The Morgan fingerprint density at radius 1 is 1.22 bits per heavy atom. The standard InChI is InChI=1S/C11H17N3O3.K/c1-7-6-8(2)13-9(12-7)17-14-10(15)16-11(3,4)5;/h6H,1-5H3,(H,14,15);/q;+1/p-1. The third kappa shape index (κ3) is 7.27. The molecule has 1 aromatic rings. The molecule has 0 aliphatic rings. The van der Waals surface area contributed by atoms with Gasteiger partial charge in [0.1, 0.15) is 5.60 Å². The summed E-state index contributed by atoms with van der Waals surface area (Å²) in [4.78, 5) is 24.0. The fraction of sp³-hybridized carbons (Fsp3) is 0.545. The van der Waals surface area contributed by atoms with Crippen LogP contribution in [-0.4, -0.2) is 21.7 Å². The number of amides is 1. The van der Waals surface area contributed by atoms with E-state index in [1.54, 1.807) is 40.7 Å². The molecule has 0 aromatic carbocycles. The molecular formula is C11H16KN3O3. The van der Waals surface area contributed by atoms with Crippen LogP contribution in [0.2, 0.25) is 0 Å². The molecule has 0 aliphatic carbocycles. The number of ether oxygens (including phenoxy) is 1. The second-order valence-electron chi connectivity index (χ2n) is 4.60. The molecule has 0 unspecified atom stereocenters. The summed E-state index contributed by atoms with van der Waals surface area (Å²) in [6.45, 7) is 8.83. The van der Waals surface area contributed by atoms with E-state index >= 15 is 0 Å². The molecule has 1 aromatic heterocycles. The molecule has 1 amide bonds. The van der Waals surface area contributed by atoms with E-state index in [0.717, 1.165) is 11.4 Å². The summed E-state index contributed by atoms with van der Waals surface area (Å²) in [7, 11) is 0. The molecule has 7 heteroatoms. The van der Waals surface area contributed by atoms with Gasteiger partial charge in [-0.2, -0.15) is 0 Å². The summed E-state index contributed by atoms with van der Waals surface area (Å²) in [5.41, 5.74) is 4.16. The molecule has 0 fully saturated rings. The number of aryl methyl sites for hydroxylation is 2. The zero-order valence-corrected chi connectivity index (χ0v) is 14.8. The molecule has 18 heavy (non-hydrogen) atoms. The van der Waals surface area contributed by atoms with Crippen LogP contribution in [0.1, 0.15) is 32.2 Å². The number of hydrogen-bond donors (Lipinski definition) is 0. The van der Waals surface area contributed by atoms with E-state index in [1.165, 1.54) is 0 Å². The first-order chi connectivity index (χ1) is 7.76. The van der Waals surface area contributed by atoms with Crippen molar-refractivity contribution in [1.82, 2.24) is 9.97 Å². The van der Waals surface area contributed by atoms with E-state index in [-0.39, 0.29) is 57.4 Å². The maximum absolute atomic E-state index is 11.2. The van der Waals surface area contributed by atoms with Crippen molar-refractivity contribution in [3.8, 4) is 6.01 Å². The zero-order valence-electron chi connectivity index (χ0n) is 11.6. The number of carbonyl (C=O) groups is 1. The van der Waals surface area contributed by atoms with Crippen molar-refractivity contribution in [3.63, 3.8) is 0 Å². The molecule has 0 N–H and O–H groups in total. The molecule has 6 nitrogen and oxygen atoms in total. The summed E-state index contributed by atoms with van der Waals surface area (Å²) in [6, 6.07) is 1.83. The summed E-state index contributed by atoms with van der Waals surface area (Å²) in [6.07, 6.45) is -0.805. The number of hydroxylamine groups is 1. The van der Waals surface area contributed by atoms with Crippen molar-refractivity contribution in [2.24, 2.45) is 0 Å². The van der Waals surface area contributed by atoms with Gasteiger partial charge in [0, 0.05) is 11.4 Å².